The molecule has 1 amide bonds. The van der Waals surface area contributed by atoms with Crippen molar-refractivity contribution in [3.8, 4) is 0 Å². The van der Waals surface area contributed by atoms with Crippen molar-refractivity contribution in [2.45, 2.75) is 53.0 Å². The summed E-state index contributed by atoms with van der Waals surface area (Å²) >= 11 is 0. The summed E-state index contributed by atoms with van der Waals surface area (Å²) in [7, 11) is -3.20. The Balaban J connectivity index is 2.71. The second-order valence-electron chi connectivity index (χ2n) is 5.87. The largest absolute Gasteiger partial charge is 0.464 e. The van der Waals surface area contributed by atoms with Gasteiger partial charge in [-0.15, -0.1) is 0 Å². The fourth-order valence-corrected chi connectivity index (χ4v) is 4.30. The number of esters is 1. The average Bonchev–Trinajstić information content (AvgIpc) is 2.55. The summed E-state index contributed by atoms with van der Waals surface area (Å²) in [5.74, 6) is 1.22. The van der Waals surface area contributed by atoms with Gasteiger partial charge in [0.2, 0.25) is 5.91 Å². The first-order valence-corrected chi connectivity index (χ1v) is 10.5. The van der Waals surface area contributed by atoms with Crippen LogP contribution in [-0.4, -0.2) is 49.2 Å². The highest BCUT2D eigenvalue weighted by atomic mass is 31.2. The Bertz CT molecular complexity index is 511. The summed E-state index contributed by atoms with van der Waals surface area (Å²) in [5, 5.41) is 0. The number of amides is 1. The minimum absolute atomic E-state index is 0.121. The molecule has 2 atom stereocenters. The molecule has 7 nitrogen and oxygen atoms in total. The van der Waals surface area contributed by atoms with E-state index in [1.54, 1.807) is 31.7 Å². The van der Waals surface area contributed by atoms with Crippen molar-refractivity contribution in [3.05, 3.63) is 11.9 Å². The fourth-order valence-electron chi connectivity index (χ4n) is 2.96. The Morgan fingerprint density at radius 2 is 1.80 bits per heavy atom. The quantitative estimate of drug-likeness (QED) is 0.454. The number of carbonyl (C=O) groups excluding carboxylic acids is 2. The Morgan fingerprint density at radius 3 is 2.32 bits per heavy atom. The summed E-state index contributed by atoms with van der Waals surface area (Å²) in [6, 6.07) is -0.546. The van der Waals surface area contributed by atoms with Crippen LogP contribution in [0.2, 0.25) is 0 Å². The molecule has 8 heteroatoms. The van der Waals surface area contributed by atoms with E-state index in [0.717, 1.165) is 6.42 Å². The number of nitrogens with zero attached hydrogens (tertiary/aromatic N) is 1. The van der Waals surface area contributed by atoms with Gasteiger partial charge in [-0.2, -0.15) is 0 Å². The van der Waals surface area contributed by atoms with Crippen LogP contribution in [0.3, 0.4) is 0 Å². The molecule has 2 unspecified atom stereocenters. The van der Waals surface area contributed by atoms with E-state index in [4.69, 9.17) is 13.8 Å². The van der Waals surface area contributed by atoms with E-state index in [0.29, 0.717) is 32.6 Å². The smallest absolute Gasteiger partial charge is 0.353 e. The zero-order valence-corrected chi connectivity index (χ0v) is 16.5. The molecule has 1 heterocycles. The van der Waals surface area contributed by atoms with Gasteiger partial charge >= 0.3 is 13.6 Å². The third kappa shape index (κ3) is 6.92. The summed E-state index contributed by atoms with van der Waals surface area (Å²) in [4.78, 5) is 25.5. The SMILES string of the molecule is CCOC(=O)C1CC(CC=CP(=O)(OCC)OCC)CCN1C(C)=O. The van der Waals surface area contributed by atoms with Crippen molar-refractivity contribution < 1.29 is 27.9 Å². The second-order valence-corrected chi connectivity index (χ2v) is 7.76. The molecular formula is C17H30NO6P. The molecule has 0 aromatic carbocycles. The maximum Gasteiger partial charge on any atom is 0.353 e. The highest BCUT2D eigenvalue weighted by Gasteiger charge is 2.35. The normalized spacial score (nSPS) is 21.5. The standard InChI is InChI=1S/C17H30NO6P/c1-5-22-17(20)16-13-15(10-11-18(16)14(4)19)9-8-12-25(21,23-6-2)24-7-3/h8,12,15-16H,5-7,9-11,13H2,1-4H3. The Morgan fingerprint density at radius 1 is 1.16 bits per heavy atom. The lowest BCUT2D eigenvalue weighted by molar-refractivity contribution is -0.157. The second kappa shape index (κ2) is 10.7. The number of ether oxygens (including phenoxy) is 1. The molecule has 0 bridgehead atoms. The zero-order valence-electron chi connectivity index (χ0n) is 15.6. The summed E-state index contributed by atoms with van der Waals surface area (Å²) in [6.45, 7) is 8.17. The number of hydrogen-bond donors (Lipinski definition) is 0. The minimum Gasteiger partial charge on any atom is -0.464 e. The van der Waals surface area contributed by atoms with Crippen molar-refractivity contribution in [2.75, 3.05) is 26.4 Å². The van der Waals surface area contributed by atoms with E-state index in [9.17, 15) is 14.2 Å². The molecule has 1 aliphatic heterocycles. The number of carbonyl (C=O) groups is 2. The van der Waals surface area contributed by atoms with Gasteiger partial charge in [0.15, 0.2) is 0 Å². The van der Waals surface area contributed by atoms with Crippen LogP contribution in [0.5, 0.6) is 0 Å². The van der Waals surface area contributed by atoms with Gasteiger partial charge in [0.05, 0.1) is 19.8 Å². The molecule has 144 valence electrons. The molecule has 1 rings (SSSR count). The fraction of sp³-hybridized carbons (Fsp3) is 0.765. The van der Waals surface area contributed by atoms with Crippen molar-refractivity contribution in [2.24, 2.45) is 5.92 Å². The summed E-state index contributed by atoms with van der Waals surface area (Å²) in [6.07, 6.45) is 3.76. The number of rotatable bonds is 9. The molecule has 0 aromatic heterocycles. The lowest BCUT2D eigenvalue weighted by Gasteiger charge is -2.37. The van der Waals surface area contributed by atoms with Crippen molar-refractivity contribution in [1.29, 1.82) is 0 Å². The molecule has 1 saturated heterocycles. The van der Waals surface area contributed by atoms with Gasteiger partial charge in [-0.1, -0.05) is 6.08 Å². The molecule has 0 radical (unpaired) electrons. The molecule has 0 saturated carbocycles. The number of hydrogen-bond acceptors (Lipinski definition) is 6. The molecule has 0 aliphatic carbocycles. The van der Waals surface area contributed by atoms with E-state index < -0.39 is 13.6 Å². The zero-order chi connectivity index (χ0) is 18.9. The monoisotopic (exact) mass is 375 g/mol. The van der Waals surface area contributed by atoms with E-state index in [1.165, 1.54) is 12.7 Å². The Hall–Kier alpha value is -1.17. The molecule has 1 fully saturated rings. The van der Waals surface area contributed by atoms with E-state index in [1.807, 2.05) is 0 Å². The third-order valence-corrected chi connectivity index (χ3v) is 5.86. The minimum atomic E-state index is -3.20. The van der Waals surface area contributed by atoms with Crippen molar-refractivity contribution >= 4 is 19.5 Å². The Kier molecular flexibility index (Phi) is 9.39. The van der Waals surface area contributed by atoms with Gasteiger partial charge in [0, 0.05) is 19.3 Å². The van der Waals surface area contributed by atoms with Gasteiger partial charge in [0.25, 0.3) is 0 Å². The third-order valence-electron chi connectivity index (χ3n) is 4.05. The van der Waals surface area contributed by atoms with Crippen molar-refractivity contribution in [1.82, 2.24) is 4.90 Å². The molecule has 0 aromatic rings. The van der Waals surface area contributed by atoms with Crippen LogP contribution in [0, 0.1) is 5.92 Å². The molecule has 1 aliphatic rings. The lowest BCUT2D eigenvalue weighted by Crippen LogP contribution is -2.49. The predicted octanol–water partition coefficient (Wildman–Crippen LogP) is 3.35. The van der Waals surface area contributed by atoms with Crippen LogP contribution in [0.1, 0.15) is 47.0 Å². The first kappa shape index (κ1) is 21.9. The van der Waals surface area contributed by atoms with Crippen LogP contribution < -0.4 is 0 Å². The molecule has 0 N–H and O–H groups in total. The van der Waals surface area contributed by atoms with Gasteiger partial charge in [0.1, 0.15) is 6.04 Å². The molecule has 25 heavy (non-hydrogen) atoms. The van der Waals surface area contributed by atoms with Crippen molar-refractivity contribution in [3.63, 3.8) is 0 Å². The lowest BCUT2D eigenvalue weighted by atomic mass is 9.88. The van der Waals surface area contributed by atoms with Crippen LogP contribution in [-0.2, 0) is 27.9 Å². The first-order valence-electron chi connectivity index (χ1n) is 8.87. The number of likely N-dealkylation sites (tertiary alicyclic amines) is 1. The highest BCUT2D eigenvalue weighted by Crippen LogP contribution is 2.49. The molecule has 0 spiro atoms. The maximum absolute atomic E-state index is 12.4. The maximum atomic E-state index is 12.4. The van der Waals surface area contributed by atoms with Crippen LogP contribution in [0.15, 0.2) is 11.9 Å². The first-order chi connectivity index (χ1) is 11.9. The summed E-state index contributed by atoms with van der Waals surface area (Å²) < 4.78 is 27.9. The molecular weight excluding hydrogens is 345 g/mol. The predicted molar refractivity (Wildman–Crippen MR) is 95.1 cm³/mol. The van der Waals surface area contributed by atoms with Gasteiger partial charge in [-0.3, -0.25) is 9.36 Å². The van der Waals surface area contributed by atoms with E-state index >= 15 is 0 Å². The van der Waals surface area contributed by atoms with Crippen LogP contribution in [0.25, 0.3) is 0 Å². The number of piperidine rings is 1. The summed E-state index contributed by atoms with van der Waals surface area (Å²) in [5.41, 5.74) is 0. The van der Waals surface area contributed by atoms with Crippen LogP contribution >= 0.6 is 7.60 Å². The van der Waals surface area contributed by atoms with Gasteiger partial charge in [-0.05, 0) is 46.0 Å². The van der Waals surface area contributed by atoms with E-state index in [2.05, 4.69) is 0 Å². The highest BCUT2D eigenvalue weighted by molar-refractivity contribution is 7.57. The van der Waals surface area contributed by atoms with Gasteiger partial charge < -0.3 is 18.7 Å². The van der Waals surface area contributed by atoms with Gasteiger partial charge in [-0.25, -0.2) is 4.79 Å². The number of allylic oxidation sites excluding steroid dienone is 1. The van der Waals surface area contributed by atoms with E-state index in [-0.39, 0.29) is 24.4 Å². The Labute approximate surface area is 150 Å². The topological polar surface area (TPSA) is 82.1 Å². The average molecular weight is 375 g/mol. The van der Waals surface area contributed by atoms with Crippen LogP contribution in [0.4, 0.5) is 0 Å².